The first-order chi connectivity index (χ1) is 17.1. The van der Waals surface area contributed by atoms with E-state index in [2.05, 4.69) is 16.1 Å². The summed E-state index contributed by atoms with van der Waals surface area (Å²) >= 11 is 6.01. The zero-order valence-electron chi connectivity index (χ0n) is 19.8. The number of oxime groups is 1. The lowest BCUT2D eigenvalue weighted by molar-refractivity contribution is -0.00649. The lowest BCUT2D eigenvalue weighted by Crippen LogP contribution is -2.39. The van der Waals surface area contributed by atoms with Crippen molar-refractivity contribution in [1.82, 2.24) is 4.90 Å². The van der Waals surface area contributed by atoms with E-state index in [1.54, 1.807) is 7.11 Å². The Kier molecular flexibility index (Phi) is 9.15. The largest absolute Gasteiger partial charge is 0.497 e. The first-order valence-electron chi connectivity index (χ1n) is 11.7. The normalized spacial score (nSPS) is 16.1. The van der Waals surface area contributed by atoms with Crippen molar-refractivity contribution in [2.45, 2.75) is 31.8 Å². The molecule has 0 saturated carbocycles. The average Bonchev–Trinajstić information content (AvgIpc) is 3.33. The summed E-state index contributed by atoms with van der Waals surface area (Å²) in [6.45, 7) is 2.43. The minimum atomic E-state index is -0.637. The average molecular weight is 495 g/mol. The van der Waals surface area contributed by atoms with E-state index in [0.29, 0.717) is 37.7 Å². The third-order valence-corrected chi connectivity index (χ3v) is 6.06. The summed E-state index contributed by atoms with van der Waals surface area (Å²) in [7, 11) is 1.66. The van der Waals surface area contributed by atoms with Crippen molar-refractivity contribution in [2.75, 3.05) is 26.8 Å². The first-order valence-corrected chi connectivity index (χ1v) is 12.1. The van der Waals surface area contributed by atoms with Crippen molar-refractivity contribution in [3.63, 3.8) is 0 Å². The fraction of sp³-hybridized carbons (Fsp3) is 0.321. The molecule has 184 valence electrons. The van der Waals surface area contributed by atoms with Gasteiger partial charge in [0.25, 0.3) is 0 Å². The van der Waals surface area contributed by atoms with Gasteiger partial charge in [-0.3, -0.25) is 4.90 Å². The molecule has 6 nitrogen and oxygen atoms in total. The van der Waals surface area contributed by atoms with Crippen LogP contribution in [0, 0.1) is 0 Å². The van der Waals surface area contributed by atoms with Crippen molar-refractivity contribution in [3.8, 4) is 5.75 Å². The predicted octanol–water partition coefficient (Wildman–Crippen LogP) is 4.92. The second-order valence-corrected chi connectivity index (χ2v) is 9.11. The standard InChI is InChI=1S/C28H31ClN2O4/c1-33-26-9-5-8-22(14-26)16-31(17-25(32)20-34-19-21-6-3-2-4-7-21)18-27-15-28(30-35-27)23-10-12-24(29)13-11-23/h2-14,25,27,32H,15-20H2,1H3/t25-,27-/m1/s1. The van der Waals surface area contributed by atoms with Gasteiger partial charge in [0.15, 0.2) is 0 Å². The molecule has 35 heavy (non-hydrogen) atoms. The van der Waals surface area contributed by atoms with E-state index >= 15 is 0 Å². The van der Waals surface area contributed by atoms with Crippen LogP contribution >= 0.6 is 11.6 Å². The molecule has 2 atom stereocenters. The zero-order chi connectivity index (χ0) is 24.5. The highest BCUT2D eigenvalue weighted by molar-refractivity contribution is 6.30. The summed E-state index contributed by atoms with van der Waals surface area (Å²) in [5.41, 5.74) is 4.09. The van der Waals surface area contributed by atoms with Crippen LogP contribution in [-0.2, 0) is 22.7 Å². The molecule has 1 N–H and O–H groups in total. The van der Waals surface area contributed by atoms with Gasteiger partial charge in [-0.05, 0) is 41.0 Å². The molecule has 4 rings (SSSR count). The van der Waals surface area contributed by atoms with Gasteiger partial charge in [0.2, 0.25) is 0 Å². The SMILES string of the molecule is COc1cccc(CN(C[C@@H](O)COCc2ccccc2)C[C@H]2CC(c3ccc(Cl)cc3)=NO2)c1. The van der Waals surface area contributed by atoms with E-state index in [1.165, 1.54) is 0 Å². The van der Waals surface area contributed by atoms with Crippen LogP contribution in [0.15, 0.2) is 84.0 Å². The number of benzene rings is 3. The maximum Gasteiger partial charge on any atom is 0.145 e. The quantitative estimate of drug-likeness (QED) is 0.387. The van der Waals surface area contributed by atoms with Crippen LogP contribution in [0.5, 0.6) is 5.75 Å². The van der Waals surface area contributed by atoms with Crippen molar-refractivity contribution in [1.29, 1.82) is 0 Å². The number of hydrogen-bond acceptors (Lipinski definition) is 6. The lowest BCUT2D eigenvalue weighted by Gasteiger charge is -2.27. The van der Waals surface area contributed by atoms with Crippen LogP contribution in [0.1, 0.15) is 23.1 Å². The Bertz CT molecular complexity index is 1090. The molecular weight excluding hydrogens is 464 g/mol. The minimum Gasteiger partial charge on any atom is -0.497 e. The Morgan fingerprint density at radius 3 is 2.60 bits per heavy atom. The molecule has 0 saturated heterocycles. The second-order valence-electron chi connectivity index (χ2n) is 8.68. The highest BCUT2D eigenvalue weighted by Crippen LogP contribution is 2.21. The van der Waals surface area contributed by atoms with Crippen LogP contribution < -0.4 is 4.74 Å². The Balaban J connectivity index is 1.35. The van der Waals surface area contributed by atoms with Gasteiger partial charge in [-0.2, -0.15) is 0 Å². The van der Waals surface area contributed by atoms with E-state index in [0.717, 1.165) is 28.2 Å². The molecule has 3 aromatic carbocycles. The van der Waals surface area contributed by atoms with Crippen LogP contribution in [0.3, 0.4) is 0 Å². The molecule has 1 aliphatic rings. The Morgan fingerprint density at radius 1 is 1.06 bits per heavy atom. The van der Waals surface area contributed by atoms with E-state index in [1.807, 2.05) is 72.8 Å². The van der Waals surface area contributed by atoms with E-state index in [-0.39, 0.29) is 12.7 Å². The van der Waals surface area contributed by atoms with Gasteiger partial charge >= 0.3 is 0 Å². The summed E-state index contributed by atoms with van der Waals surface area (Å²) in [4.78, 5) is 7.94. The number of nitrogens with zero attached hydrogens (tertiary/aromatic N) is 2. The number of rotatable bonds is 12. The highest BCUT2D eigenvalue weighted by atomic mass is 35.5. The molecule has 7 heteroatoms. The highest BCUT2D eigenvalue weighted by Gasteiger charge is 2.26. The molecule has 0 bridgehead atoms. The predicted molar refractivity (Wildman–Crippen MR) is 138 cm³/mol. The number of methoxy groups -OCH3 is 1. The summed E-state index contributed by atoms with van der Waals surface area (Å²) in [6, 6.07) is 25.5. The van der Waals surface area contributed by atoms with Crippen molar-refractivity contribution in [3.05, 3.63) is 101 Å². The summed E-state index contributed by atoms with van der Waals surface area (Å²) < 4.78 is 11.1. The summed E-state index contributed by atoms with van der Waals surface area (Å²) in [5.74, 6) is 0.805. The van der Waals surface area contributed by atoms with Crippen LogP contribution in [0.25, 0.3) is 0 Å². The number of halogens is 1. The van der Waals surface area contributed by atoms with Gasteiger partial charge in [0, 0.05) is 31.1 Å². The molecular formula is C28H31ClN2O4. The van der Waals surface area contributed by atoms with Gasteiger partial charge in [-0.1, -0.05) is 71.4 Å². The number of aliphatic hydroxyl groups is 1. The Morgan fingerprint density at radius 2 is 1.83 bits per heavy atom. The van der Waals surface area contributed by atoms with Gasteiger partial charge in [0.05, 0.1) is 32.1 Å². The number of aliphatic hydroxyl groups excluding tert-OH is 1. The van der Waals surface area contributed by atoms with Crippen LogP contribution in [0.2, 0.25) is 5.02 Å². The fourth-order valence-corrected chi connectivity index (χ4v) is 4.22. The fourth-order valence-electron chi connectivity index (χ4n) is 4.10. The molecule has 0 fully saturated rings. The lowest BCUT2D eigenvalue weighted by atomic mass is 10.0. The molecule has 0 unspecified atom stereocenters. The molecule has 0 radical (unpaired) electrons. The van der Waals surface area contributed by atoms with Gasteiger partial charge in [0.1, 0.15) is 11.9 Å². The van der Waals surface area contributed by atoms with E-state index in [9.17, 15) is 5.11 Å². The molecule has 1 heterocycles. The molecule has 0 aromatic heterocycles. The van der Waals surface area contributed by atoms with Crippen LogP contribution in [-0.4, -0.2) is 54.7 Å². The van der Waals surface area contributed by atoms with Crippen LogP contribution in [0.4, 0.5) is 0 Å². The molecule has 1 aliphatic heterocycles. The summed E-state index contributed by atoms with van der Waals surface area (Å²) in [6.07, 6.45) is -0.0530. The van der Waals surface area contributed by atoms with E-state index in [4.69, 9.17) is 25.9 Å². The van der Waals surface area contributed by atoms with Gasteiger partial charge < -0.3 is 19.4 Å². The molecule has 0 aliphatic carbocycles. The third-order valence-electron chi connectivity index (χ3n) is 5.80. The minimum absolute atomic E-state index is 0.108. The number of ether oxygens (including phenoxy) is 2. The zero-order valence-corrected chi connectivity index (χ0v) is 20.6. The molecule has 0 amide bonds. The molecule has 0 spiro atoms. The summed E-state index contributed by atoms with van der Waals surface area (Å²) in [5, 5.41) is 15.7. The first kappa shape index (κ1) is 25.2. The third kappa shape index (κ3) is 7.80. The van der Waals surface area contributed by atoms with Crippen molar-refractivity contribution in [2.24, 2.45) is 5.16 Å². The van der Waals surface area contributed by atoms with Crippen molar-refractivity contribution < 1.29 is 19.4 Å². The maximum absolute atomic E-state index is 10.7. The van der Waals surface area contributed by atoms with Gasteiger partial charge in [-0.25, -0.2) is 0 Å². The Labute approximate surface area is 211 Å². The monoisotopic (exact) mass is 494 g/mol. The number of hydrogen-bond donors (Lipinski definition) is 1. The topological polar surface area (TPSA) is 63.5 Å². The smallest absolute Gasteiger partial charge is 0.145 e. The van der Waals surface area contributed by atoms with Gasteiger partial charge in [-0.15, -0.1) is 0 Å². The Hall–Kier alpha value is -2.90. The second kappa shape index (κ2) is 12.7. The molecule has 3 aromatic rings. The van der Waals surface area contributed by atoms with Crippen molar-refractivity contribution >= 4 is 17.3 Å². The van der Waals surface area contributed by atoms with E-state index < -0.39 is 6.10 Å². The maximum atomic E-state index is 10.7.